The lowest BCUT2D eigenvalue weighted by atomic mass is 10.2. The fourth-order valence-electron chi connectivity index (χ4n) is 2.09. The number of hydrogen-bond acceptors (Lipinski definition) is 4. The van der Waals surface area contributed by atoms with Gasteiger partial charge in [-0.1, -0.05) is 18.2 Å². The molecule has 2 aromatic heterocycles. The molecule has 0 fully saturated rings. The summed E-state index contributed by atoms with van der Waals surface area (Å²) in [6.45, 7) is -0.252. The third kappa shape index (κ3) is 3.10. The second kappa shape index (κ2) is 6.14. The van der Waals surface area contributed by atoms with Crippen molar-refractivity contribution in [3.8, 4) is 0 Å². The van der Waals surface area contributed by atoms with Crippen LogP contribution in [0.5, 0.6) is 0 Å². The number of fused-ring (bicyclic) bond motifs is 1. The number of H-pyrrole nitrogens is 1. The van der Waals surface area contributed by atoms with Crippen LogP contribution in [-0.2, 0) is 6.67 Å². The van der Waals surface area contributed by atoms with E-state index in [4.69, 9.17) is 0 Å². The number of nitrogens with one attached hydrogen (secondary N) is 3. The number of benzene rings is 1. The van der Waals surface area contributed by atoms with E-state index in [-0.39, 0.29) is 6.67 Å². The van der Waals surface area contributed by atoms with Gasteiger partial charge in [-0.25, -0.2) is 19.1 Å². The highest BCUT2D eigenvalue weighted by Gasteiger charge is 2.08. The number of urea groups is 1. The molecule has 3 rings (SSSR count). The molecule has 3 aromatic rings. The van der Waals surface area contributed by atoms with Crippen LogP contribution >= 0.6 is 0 Å². The number of para-hydroxylation sites is 1. The number of aromatic amines is 1. The standard InChI is InChI=1S/C15H13N5O3/c21-13-10-5-1-2-6-11(10)18-15(23)20(13)9-17-14(22)19-12-7-3-4-8-16-12/h1-8H,9H2,(H,18,23)(H2,16,17,19,22). The summed E-state index contributed by atoms with van der Waals surface area (Å²) >= 11 is 0. The number of hydrogen-bond donors (Lipinski definition) is 3. The van der Waals surface area contributed by atoms with Crippen LogP contribution in [0.3, 0.4) is 0 Å². The van der Waals surface area contributed by atoms with E-state index >= 15 is 0 Å². The number of pyridine rings is 1. The monoisotopic (exact) mass is 311 g/mol. The highest BCUT2D eigenvalue weighted by atomic mass is 16.2. The van der Waals surface area contributed by atoms with E-state index in [0.29, 0.717) is 16.7 Å². The molecule has 0 unspecified atom stereocenters. The van der Waals surface area contributed by atoms with Crippen molar-refractivity contribution in [3.63, 3.8) is 0 Å². The van der Waals surface area contributed by atoms with Crippen LogP contribution in [0.1, 0.15) is 0 Å². The van der Waals surface area contributed by atoms with Gasteiger partial charge in [0.25, 0.3) is 5.56 Å². The predicted octanol–water partition coefficient (Wildman–Crippen LogP) is 0.864. The van der Waals surface area contributed by atoms with Crippen molar-refractivity contribution in [1.82, 2.24) is 19.9 Å². The zero-order valence-electron chi connectivity index (χ0n) is 11.9. The molecule has 3 N–H and O–H groups in total. The zero-order chi connectivity index (χ0) is 16.2. The Balaban J connectivity index is 1.78. The van der Waals surface area contributed by atoms with E-state index in [1.807, 2.05) is 0 Å². The molecule has 23 heavy (non-hydrogen) atoms. The van der Waals surface area contributed by atoms with Crippen LogP contribution in [0.4, 0.5) is 10.6 Å². The minimum absolute atomic E-state index is 0.252. The Labute approximate surface area is 129 Å². The molecule has 116 valence electrons. The Hall–Kier alpha value is -3.42. The lowest BCUT2D eigenvalue weighted by molar-refractivity contribution is 0.249. The summed E-state index contributed by atoms with van der Waals surface area (Å²) in [5.74, 6) is 0.366. The van der Waals surface area contributed by atoms with E-state index in [1.165, 1.54) is 6.20 Å². The van der Waals surface area contributed by atoms with Crippen molar-refractivity contribution in [2.45, 2.75) is 6.67 Å². The second-order valence-electron chi connectivity index (χ2n) is 4.71. The second-order valence-corrected chi connectivity index (χ2v) is 4.71. The van der Waals surface area contributed by atoms with E-state index in [1.54, 1.807) is 42.5 Å². The maximum absolute atomic E-state index is 12.3. The molecule has 0 saturated heterocycles. The minimum Gasteiger partial charge on any atom is -0.320 e. The first-order chi connectivity index (χ1) is 11.1. The van der Waals surface area contributed by atoms with Crippen molar-refractivity contribution < 1.29 is 4.79 Å². The van der Waals surface area contributed by atoms with Crippen LogP contribution < -0.4 is 21.9 Å². The van der Waals surface area contributed by atoms with Crippen LogP contribution in [-0.4, -0.2) is 20.6 Å². The third-order valence-electron chi connectivity index (χ3n) is 3.19. The summed E-state index contributed by atoms with van der Waals surface area (Å²) in [6.07, 6.45) is 1.54. The van der Waals surface area contributed by atoms with Crippen LogP contribution in [0.2, 0.25) is 0 Å². The number of nitrogens with zero attached hydrogens (tertiary/aromatic N) is 2. The molecule has 0 saturated carbocycles. The van der Waals surface area contributed by atoms with Gasteiger partial charge in [-0.15, -0.1) is 0 Å². The number of amides is 2. The summed E-state index contributed by atoms with van der Waals surface area (Å²) in [5, 5.41) is 5.32. The summed E-state index contributed by atoms with van der Waals surface area (Å²) in [7, 11) is 0. The molecule has 0 aliphatic rings. The molecule has 1 aromatic carbocycles. The lowest BCUT2D eigenvalue weighted by Gasteiger charge is -2.09. The fraction of sp³-hybridized carbons (Fsp3) is 0.0667. The first-order valence-corrected chi connectivity index (χ1v) is 6.83. The summed E-state index contributed by atoms with van der Waals surface area (Å²) < 4.78 is 0.917. The van der Waals surface area contributed by atoms with Crippen molar-refractivity contribution in [3.05, 3.63) is 69.5 Å². The number of carbonyl (C=O) groups is 1. The molecule has 0 atom stereocenters. The molecule has 0 bridgehead atoms. The van der Waals surface area contributed by atoms with Gasteiger partial charge in [0.2, 0.25) is 0 Å². The average Bonchev–Trinajstić information content (AvgIpc) is 2.55. The van der Waals surface area contributed by atoms with Gasteiger partial charge in [0, 0.05) is 6.20 Å². The summed E-state index contributed by atoms with van der Waals surface area (Å²) in [4.78, 5) is 42.5. The molecular weight excluding hydrogens is 298 g/mol. The molecule has 8 heteroatoms. The van der Waals surface area contributed by atoms with Gasteiger partial charge in [-0.05, 0) is 24.3 Å². The normalized spacial score (nSPS) is 10.4. The van der Waals surface area contributed by atoms with Crippen LogP contribution in [0, 0.1) is 0 Å². The molecule has 0 spiro atoms. The molecule has 0 aliphatic carbocycles. The fourth-order valence-corrected chi connectivity index (χ4v) is 2.09. The molecule has 2 heterocycles. The number of aromatic nitrogens is 3. The van der Waals surface area contributed by atoms with Crippen molar-refractivity contribution in [1.29, 1.82) is 0 Å². The van der Waals surface area contributed by atoms with E-state index in [0.717, 1.165) is 4.57 Å². The first kappa shape index (κ1) is 14.5. The Morgan fingerprint density at radius 2 is 1.91 bits per heavy atom. The first-order valence-electron chi connectivity index (χ1n) is 6.83. The van der Waals surface area contributed by atoms with E-state index in [9.17, 15) is 14.4 Å². The van der Waals surface area contributed by atoms with Crippen molar-refractivity contribution >= 4 is 22.8 Å². The SMILES string of the molecule is O=C(NCn1c(=O)[nH]c2ccccc2c1=O)Nc1ccccn1. The van der Waals surface area contributed by atoms with Crippen LogP contribution in [0.15, 0.2) is 58.3 Å². The topological polar surface area (TPSA) is 109 Å². The van der Waals surface area contributed by atoms with Gasteiger partial charge in [-0.3, -0.25) is 10.1 Å². The smallest absolute Gasteiger partial charge is 0.320 e. The van der Waals surface area contributed by atoms with Gasteiger partial charge in [-0.2, -0.15) is 0 Å². The largest absolute Gasteiger partial charge is 0.330 e. The number of carbonyl (C=O) groups excluding carboxylic acids is 1. The van der Waals surface area contributed by atoms with Gasteiger partial charge in [0.05, 0.1) is 10.9 Å². The Bertz CT molecular complexity index is 962. The Morgan fingerprint density at radius 3 is 2.70 bits per heavy atom. The maximum Gasteiger partial charge on any atom is 0.330 e. The summed E-state index contributed by atoms with van der Waals surface area (Å²) in [6, 6.07) is 11.2. The minimum atomic E-state index is -0.591. The lowest BCUT2D eigenvalue weighted by Crippen LogP contribution is -2.42. The molecule has 8 nitrogen and oxygen atoms in total. The average molecular weight is 311 g/mol. The van der Waals surface area contributed by atoms with Gasteiger partial charge < -0.3 is 10.3 Å². The van der Waals surface area contributed by atoms with E-state index < -0.39 is 17.3 Å². The van der Waals surface area contributed by atoms with Crippen molar-refractivity contribution in [2.75, 3.05) is 5.32 Å². The Kier molecular flexibility index (Phi) is 3.88. The number of anilines is 1. The maximum atomic E-state index is 12.3. The van der Waals surface area contributed by atoms with Gasteiger partial charge >= 0.3 is 11.7 Å². The zero-order valence-corrected chi connectivity index (χ0v) is 11.9. The predicted molar refractivity (Wildman–Crippen MR) is 85.2 cm³/mol. The highest BCUT2D eigenvalue weighted by molar-refractivity contribution is 5.87. The van der Waals surface area contributed by atoms with Gasteiger partial charge in [0.15, 0.2) is 0 Å². The van der Waals surface area contributed by atoms with Crippen molar-refractivity contribution in [2.24, 2.45) is 0 Å². The summed E-state index contributed by atoms with van der Waals surface area (Å²) in [5.41, 5.74) is -0.606. The quantitative estimate of drug-likeness (QED) is 0.666. The molecular formula is C15H13N5O3. The number of rotatable bonds is 3. The highest BCUT2D eigenvalue weighted by Crippen LogP contribution is 2.02. The molecule has 2 amide bonds. The molecule has 0 radical (unpaired) electrons. The molecule has 0 aliphatic heterocycles. The van der Waals surface area contributed by atoms with Crippen LogP contribution in [0.25, 0.3) is 10.9 Å². The van der Waals surface area contributed by atoms with E-state index in [2.05, 4.69) is 20.6 Å². The Morgan fingerprint density at radius 1 is 1.13 bits per heavy atom. The van der Waals surface area contributed by atoms with Gasteiger partial charge in [0.1, 0.15) is 12.5 Å². The third-order valence-corrected chi connectivity index (χ3v) is 3.19.